The summed E-state index contributed by atoms with van der Waals surface area (Å²) in [5.41, 5.74) is 0.700. The van der Waals surface area contributed by atoms with Gasteiger partial charge < -0.3 is 15.0 Å². The lowest BCUT2D eigenvalue weighted by Gasteiger charge is -2.33. The Morgan fingerprint density at radius 1 is 1.20 bits per heavy atom. The fourth-order valence-electron chi connectivity index (χ4n) is 2.89. The highest BCUT2D eigenvalue weighted by Crippen LogP contribution is 2.28. The summed E-state index contributed by atoms with van der Waals surface area (Å²) in [4.78, 5) is 13.9. The van der Waals surface area contributed by atoms with E-state index in [0.29, 0.717) is 15.6 Å². The third-order valence-electron chi connectivity index (χ3n) is 4.39. The summed E-state index contributed by atoms with van der Waals surface area (Å²) in [6.45, 7) is 0.367. The maximum absolute atomic E-state index is 12.6. The van der Waals surface area contributed by atoms with Crippen LogP contribution >= 0.6 is 22.9 Å². The van der Waals surface area contributed by atoms with Gasteiger partial charge in [0.05, 0.1) is 4.34 Å². The summed E-state index contributed by atoms with van der Waals surface area (Å²) in [6, 6.07) is 9.23. The van der Waals surface area contributed by atoms with Crippen LogP contribution < -0.4 is 10.1 Å². The number of amides is 2. The first-order valence-corrected chi connectivity index (χ1v) is 11.7. The van der Waals surface area contributed by atoms with Gasteiger partial charge in [0.2, 0.25) is 0 Å². The molecule has 1 fully saturated rings. The number of carbonyl (C=O) groups is 1. The van der Waals surface area contributed by atoms with E-state index in [1.807, 2.05) is 0 Å². The number of rotatable bonds is 7. The largest absolute Gasteiger partial charge is 0.488 e. The van der Waals surface area contributed by atoms with Crippen molar-refractivity contribution in [1.82, 2.24) is 14.5 Å². The Kier molecular flexibility index (Phi) is 7.50. The first kappa shape index (κ1) is 22.7. The topological polar surface area (TPSA) is 79.0 Å². The zero-order chi connectivity index (χ0) is 21.7. The zero-order valence-corrected chi connectivity index (χ0v) is 18.2. The monoisotopic (exact) mass is 479 g/mol. The van der Waals surface area contributed by atoms with Crippen LogP contribution in [0.25, 0.3) is 0 Å². The van der Waals surface area contributed by atoms with Gasteiger partial charge in [-0.05, 0) is 29.8 Å². The Morgan fingerprint density at radius 2 is 1.93 bits per heavy atom. The molecule has 1 N–H and O–H groups in total. The standard InChI is InChI=1S/C18H20ClF2N3O4S2/c19-15-4-5-17(29-15)30(26,27)24-8-6-23(7-9-24)18(25)22-11-13-2-1-3-14(10-13)28-12-16(20)21/h1-5,10,16H,6-9,11-12H2,(H,22,25). The van der Waals surface area contributed by atoms with Crippen LogP contribution in [-0.4, -0.2) is 62.9 Å². The average molecular weight is 480 g/mol. The van der Waals surface area contributed by atoms with E-state index in [1.54, 1.807) is 24.3 Å². The molecule has 3 rings (SSSR count). The Labute approximate surface area is 182 Å². The summed E-state index contributed by atoms with van der Waals surface area (Å²) in [5, 5.41) is 2.75. The van der Waals surface area contributed by atoms with Crippen LogP contribution in [0.2, 0.25) is 4.34 Å². The van der Waals surface area contributed by atoms with Gasteiger partial charge in [-0.15, -0.1) is 11.3 Å². The minimum absolute atomic E-state index is 0.180. The molecule has 1 aliphatic heterocycles. The van der Waals surface area contributed by atoms with E-state index >= 15 is 0 Å². The lowest BCUT2D eigenvalue weighted by Crippen LogP contribution is -2.52. The van der Waals surface area contributed by atoms with Crippen LogP contribution in [0.1, 0.15) is 5.56 Å². The minimum atomic E-state index is -3.62. The number of hydrogen-bond donors (Lipinski definition) is 1. The van der Waals surface area contributed by atoms with Crippen molar-refractivity contribution in [3.05, 3.63) is 46.3 Å². The number of piperazine rings is 1. The first-order chi connectivity index (χ1) is 14.3. The van der Waals surface area contributed by atoms with Crippen LogP contribution in [0.5, 0.6) is 5.75 Å². The molecule has 0 atom stereocenters. The van der Waals surface area contributed by atoms with Crippen molar-refractivity contribution in [3.63, 3.8) is 0 Å². The second-order valence-corrected chi connectivity index (χ2v) is 10.3. The fourth-order valence-corrected chi connectivity index (χ4v) is 5.95. The lowest BCUT2D eigenvalue weighted by molar-refractivity contribution is 0.0818. The molecule has 2 heterocycles. The molecular formula is C18H20ClF2N3O4S2. The Bertz CT molecular complexity index is 979. The van der Waals surface area contributed by atoms with Crippen molar-refractivity contribution in [2.24, 2.45) is 0 Å². The maximum Gasteiger partial charge on any atom is 0.317 e. The van der Waals surface area contributed by atoms with Gasteiger partial charge in [-0.2, -0.15) is 4.31 Å². The molecule has 0 bridgehead atoms. The Hall–Kier alpha value is -1.95. The summed E-state index contributed by atoms with van der Waals surface area (Å²) in [6.07, 6.45) is -2.56. The van der Waals surface area contributed by atoms with Gasteiger partial charge in [0, 0.05) is 32.7 Å². The summed E-state index contributed by atoms with van der Waals surface area (Å²) in [5.74, 6) is 0.301. The number of benzene rings is 1. The van der Waals surface area contributed by atoms with Gasteiger partial charge in [-0.3, -0.25) is 0 Å². The molecule has 1 saturated heterocycles. The fraction of sp³-hybridized carbons (Fsp3) is 0.389. The molecule has 0 radical (unpaired) electrons. The van der Waals surface area contributed by atoms with E-state index in [2.05, 4.69) is 5.32 Å². The van der Waals surface area contributed by atoms with E-state index < -0.39 is 23.1 Å². The number of hydrogen-bond acceptors (Lipinski definition) is 5. The predicted molar refractivity (Wildman–Crippen MR) is 110 cm³/mol. The van der Waals surface area contributed by atoms with Crippen molar-refractivity contribution in [3.8, 4) is 5.75 Å². The third kappa shape index (κ3) is 5.81. The quantitative estimate of drug-likeness (QED) is 0.661. The van der Waals surface area contributed by atoms with Crippen molar-refractivity contribution in [2.45, 2.75) is 17.2 Å². The maximum atomic E-state index is 12.6. The molecule has 0 unspecified atom stereocenters. The molecule has 30 heavy (non-hydrogen) atoms. The summed E-state index contributed by atoms with van der Waals surface area (Å²) < 4.78 is 56.6. The van der Waals surface area contributed by atoms with Crippen molar-refractivity contribution in [2.75, 3.05) is 32.8 Å². The number of ether oxygens (including phenoxy) is 1. The molecule has 1 aromatic heterocycles. The van der Waals surface area contributed by atoms with Gasteiger partial charge >= 0.3 is 6.03 Å². The predicted octanol–water partition coefficient (Wildman–Crippen LogP) is 3.26. The molecular weight excluding hydrogens is 460 g/mol. The van der Waals surface area contributed by atoms with E-state index in [-0.39, 0.29) is 43.0 Å². The van der Waals surface area contributed by atoms with Crippen LogP contribution in [-0.2, 0) is 16.6 Å². The number of sulfonamides is 1. The second kappa shape index (κ2) is 9.90. The van der Waals surface area contributed by atoms with Crippen LogP contribution in [0.15, 0.2) is 40.6 Å². The number of nitrogens with zero attached hydrogens (tertiary/aromatic N) is 2. The van der Waals surface area contributed by atoms with Gasteiger partial charge in [-0.1, -0.05) is 23.7 Å². The second-order valence-electron chi connectivity index (χ2n) is 6.46. The number of carbonyl (C=O) groups excluding carboxylic acids is 1. The molecule has 0 aliphatic carbocycles. The van der Waals surface area contributed by atoms with Crippen molar-refractivity contribution >= 4 is 39.0 Å². The number of alkyl halides is 2. The van der Waals surface area contributed by atoms with Crippen LogP contribution in [0.4, 0.5) is 13.6 Å². The van der Waals surface area contributed by atoms with Crippen LogP contribution in [0.3, 0.4) is 0 Å². The third-order valence-corrected chi connectivity index (χ3v) is 7.98. The molecule has 7 nitrogen and oxygen atoms in total. The molecule has 12 heteroatoms. The molecule has 0 saturated carbocycles. The lowest BCUT2D eigenvalue weighted by atomic mass is 10.2. The smallest absolute Gasteiger partial charge is 0.317 e. The zero-order valence-electron chi connectivity index (χ0n) is 15.8. The van der Waals surface area contributed by atoms with Crippen molar-refractivity contribution < 1.29 is 26.7 Å². The summed E-state index contributed by atoms with van der Waals surface area (Å²) in [7, 11) is -3.62. The van der Waals surface area contributed by atoms with Gasteiger partial charge in [-0.25, -0.2) is 22.0 Å². The molecule has 2 amide bonds. The molecule has 1 aromatic carbocycles. The van der Waals surface area contributed by atoms with Gasteiger partial charge in [0.1, 0.15) is 16.6 Å². The average Bonchev–Trinajstić information content (AvgIpc) is 3.18. The Morgan fingerprint density at radius 3 is 2.57 bits per heavy atom. The minimum Gasteiger partial charge on any atom is -0.488 e. The normalized spacial score (nSPS) is 15.4. The van der Waals surface area contributed by atoms with Crippen molar-refractivity contribution in [1.29, 1.82) is 0 Å². The van der Waals surface area contributed by atoms with Gasteiger partial charge in [0.25, 0.3) is 16.4 Å². The first-order valence-electron chi connectivity index (χ1n) is 9.04. The van der Waals surface area contributed by atoms with E-state index in [9.17, 15) is 22.0 Å². The van der Waals surface area contributed by atoms with E-state index in [0.717, 1.165) is 11.3 Å². The number of nitrogens with one attached hydrogen (secondary N) is 1. The highest BCUT2D eigenvalue weighted by Gasteiger charge is 2.31. The molecule has 0 spiro atoms. The summed E-state index contributed by atoms with van der Waals surface area (Å²) >= 11 is 6.83. The highest BCUT2D eigenvalue weighted by atomic mass is 35.5. The molecule has 164 valence electrons. The van der Waals surface area contributed by atoms with E-state index in [4.69, 9.17) is 16.3 Å². The highest BCUT2D eigenvalue weighted by molar-refractivity contribution is 7.91. The molecule has 2 aromatic rings. The van der Waals surface area contributed by atoms with Gasteiger partial charge in [0.15, 0.2) is 0 Å². The van der Waals surface area contributed by atoms with Crippen LogP contribution in [0, 0.1) is 0 Å². The SMILES string of the molecule is O=C(NCc1cccc(OCC(F)F)c1)N1CCN(S(=O)(=O)c2ccc(Cl)s2)CC1. The molecule has 1 aliphatic rings. The van der Waals surface area contributed by atoms with E-state index in [1.165, 1.54) is 21.3 Å². The number of thiophene rings is 1. The number of halogens is 3. The Balaban J connectivity index is 1.49. The number of urea groups is 1.